The number of hydrogen-bond donors (Lipinski definition) is 2. The first kappa shape index (κ1) is 29.7. The summed E-state index contributed by atoms with van der Waals surface area (Å²) in [4.78, 5) is 61.2. The Balaban J connectivity index is 1.74. The van der Waals surface area contributed by atoms with Crippen molar-refractivity contribution < 1.29 is 33.4 Å². The van der Waals surface area contributed by atoms with Gasteiger partial charge in [0.1, 0.15) is 46.6 Å². The van der Waals surface area contributed by atoms with Crippen molar-refractivity contribution >= 4 is 58.2 Å². The van der Waals surface area contributed by atoms with E-state index in [2.05, 4.69) is 15.3 Å². The minimum Gasteiger partial charge on any atom is -0.458 e. The second kappa shape index (κ2) is 13.3. The SMILES string of the molecule is COCN=C(C(=O)N[C@H]1C(=O)N2C(C(=O)OC(C)CC(=O)CC(C)C)=C(COC)CS[C@@H]12)c1nc(N)cs1. The molecule has 0 bridgehead atoms. The number of carbonyl (C=O) groups excluding carboxylic acids is 4. The lowest BCUT2D eigenvalue weighted by Crippen LogP contribution is -2.71. The summed E-state index contributed by atoms with van der Waals surface area (Å²) >= 11 is 2.54. The van der Waals surface area contributed by atoms with E-state index in [1.165, 1.54) is 30.9 Å². The van der Waals surface area contributed by atoms with Gasteiger partial charge in [-0.05, 0) is 18.4 Å². The summed E-state index contributed by atoms with van der Waals surface area (Å²) in [5, 5.41) is 4.06. The summed E-state index contributed by atoms with van der Waals surface area (Å²) in [6.07, 6.45) is -0.171. The van der Waals surface area contributed by atoms with Gasteiger partial charge in [0.05, 0.1) is 6.61 Å². The highest BCUT2D eigenvalue weighted by Gasteiger charge is 2.54. The fourth-order valence-electron chi connectivity index (χ4n) is 4.07. The van der Waals surface area contributed by atoms with Crippen LogP contribution in [0.3, 0.4) is 0 Å². The molecule has 0 radical (unpaired) electrons. The summed E-state index contributed by atoms with van der Waals surface area (Å²) in [7, 11) is 2.93. The highest BCUT2D eigenvalue weighted by atomic mass is 32.2. The molecule has 0 spiro atoms. The number of ether oxygens (including phenoxy) is 3. The molecule has 1 fully saturated rings. The largest absolute Gasteiger partial charge is 0.458 e. The lowest BCUT2D eigenvalue weighted by atomic mass is 10.0. The van der Waals surface area contributed by atoms with E-state index in [-0.39, 0.29) is 48.7 Å². The van der Waals surface area contributed by atoms with E-state index in [0.29, 0.717) is 22.8 Å². The van der Waals surface area contributed by atoms with Crippen molar-refractivity contribution in [3.05, 3.63) is 21.7 Å². The van der Waals surface area contributed by atoms with Crippen LogP contribution in [0, 0.1) is 5.92 Å². The van der Waals surface area contributed by atoms with Gasteiger partial charge in [0.25, 0.3) is 11.8 Å². The van der Waals surface area contributed by atoms with Crippen LogP contribution in [0.2, 0.25) is 0 Å². The number of carbonyl (C=O) groups is 4. The van der Waals surface area contributed by atoms with E-state index in [4.69, 9.17) is 19.9 Å². The van der Waals surface area contributed by atoms with Gasteiger partial charge in [-0.1, -0.05) is 13.8 Å². The molecule has 3 heterocycles. The number of fused-ring (bicyclic) bond motifs is 1. The number of methoxy groups -OCH3 is 2. The van der Waals surface area contributed by atoms with Gasteiger partial charge < -0.3 is 25.3 Å². The Kier molecular flexibility index (Phi) is 10.4. The third kappa shape index (κ3) is 6.98. The quantitative estimate of drug-likeness (QED) is 0.202. The van der Waals surface area contributed by atoms with Crippen LogP contribution in [0.1, 0.15) is 38.6 Å². The molecule has 1 saturated heterocycles. The molecule has 1 aromatic rings. The number of aliphatic imine (C=N–C) groups is 1. The van der Waals surface area contributed by atoms with E-state index >= 15 is 0 Å². The number of Topliss-reactive ketones (excluding diaryl/α,β-unsaturated/α-hetero) is 1. The Hall–Kier alpha value is -2.81. The molecule has 3 atom stereocenters. The van der Waals surface area contributed by atoms with Crippen molar-refractivity contribution in [1.29, 1.82) is 0 Å². The van der Waals surface area contributed by atoms with E-state index < -0.39 is 35.3 Å². The van der Waals surface area contributed by atoms with Gasteiger partial charge in [-0.25, -0.2) is 14.8 Å². The maximum atomic E-state index is 13.2. The van der Waals surface area contributed by atoms with Crippen molar-refractivity contribution in [1.82, 2.24) is 15.2 Å². The average molecular weight is 568 g/mol. The molecule has 0 aliphatic carbocycles. The zero-order valence-electron chi connectivity index (χ0n) is 22.0. The molecule has 14 heteroatoms. The number of nitrogens with zero attached hydrogens (tertiary/aromatic N) is 3. The van der Waals surface area contributed by atoms with Gasteiger partial charge in [0, 0.05) is 38.2 Å². The number of anilines is 1. The van der Waals surface area contributed by atoms with E-state index in [0.717, 1.165) is 11.3 Å². The number of aromatic nitrogens is 1. The van der Waals surface area contributed by atoms with Crippen molar-refractivity contribution in [3.8, 4) is 0 Å². The van der Waals surface area contributed by atoms with Crippen LogP contribution in [-0.2, 0) is 33.4 Å². The van der Waals surface area contributed by atoms with Gasteiger partial charge in [-0.2, -0.15) is 0 Å². The first-order valence-electron chi connectivity index (χ1n) is 12.0. The Bertz CT molecular complexity index is 1130. The van der Waals surface area contributed by atoms with Crippen LogP contribution in [0.25, 0.3) is 0 Å². The van der Waals surface area contributed by atoms with Gasteiger partial charge >= 0.3 is 5.97 Å². The minimum absolute atomic E-state index is 0.000739. The first-order valence-corrected chi connectivity index (χ1v) is 13.9. The summed E-state index contributed by atoms with van der Waals surface area (Å²) in [6, 6.07) is -0.894. The third-order valence-electron chi connectivity index (χ3n) is 5.60. The van der Waals surface area contributed by atoms with Crippen LogP contribution >= 0.6 is 23.1 Å². The number of ketones is 1. The van der Waals surface area contributed by atoms with Gasteiger partial charge in [0.2, 0.25) is 0 Å². The number of nitrogen functional groups attached to an aromatic ring is 1. The molecular weight excluding hydrogens is 534 g/mol. The molecule has 38 heavy (non-hydrogen) atoms. The van der Waals surface area contributed by atoms with Crippen LogP contribution < -0.4 is 11.1 Å². The topological polar surface area (TPSA) is 163 Å². The van der Waals surface area contributed by atoms with Crippen molar-refractivity contribution in [2.75, 3.05) is 39.0 Å². The van der Waals surface area contributed by atoms with Gasteiger partial charge in [-0.15, -0.1) is 23.1 Å². The maximum Gasteiger partial charge on any atom is 0.355 e. The van der Waals surface area contributed by atoms with Crippen LogP contribution in [0.15, 0.2) is 21.6 Å². The number of esters is 1. The molecule has 1 aromatic heterocycles. The number of thiazole rings is 1. The lowest BCUT2D eigenvalue weighted by molar-refractivity contribution is -0.155. The standard InChI is InChI=1S/C24H33N5O7S2/c1-12(2)6-15(30)7-13(3)36-24(33)19-14(8-34-4)9-38-23-18(22(32)29(19)23)28-20(31)17(26-11-35-5)21-27-16(25)10-37-21/h10,12-13,18,23H,6-9,11,25H2,1-5H3,(H,28,31)/t13?,18-,23-/m0/s1. The fraction of sp³-hybridized carbons (Fsp3) is 0.583. The predicted molar refractivity (Wildman–Crippen MR) is 143 cm³/mol. The highest BCUT2D eigenvalue weighted by Crippen LogP contribution is 2.41. The number of nitrogens with two attached hydrogens (primary N) is 1. The highest BCUT2D eigenvalue weighted by molar-refractivity contribution is 8.00. The van der Waals surface area contributed by atoms with E-state index in [9.17, 15) is 19.2 Å². The summed E-state index contributed by atoms with van der Waals surface area (Å²) < 4.78 is 15.8. The molecule has 12 nitrogen and oxygen atoms in total. The molecule has 208 valence electrons. The lowest BCUT2D eigenvalue weighted by Gasteiger charge is -2.49. The van der Waals surface area contributed by atoms with Crippen molar-refractivity contribution in [2.24, 2.45) is 10.9 Å². The fourth-order valence-corrected chi connectivity index (χ4v) is 6.11. The second-order valence-corrected chi connectivity index (χ2v) is 11.3. The normalized spacial score (nSPS) is 20.2. The summed E-state index contributed by atoms with van der Waals surface area (Å²) in [5.41, 5.74) is 6.38. The summed E-state index contributed by atoms with van der Waals surface area (Å²) in [5.74, 6) is -0.933. The monoisotopic (exact) mass is 567 g/mol. The first-order chi connectivity index (χ1) is 18.1. The number of nitrogens with one attached hydrogen (secondary N) is 1. The molecule has 1 unspecified atom stereocenters. The predicted octanol–water partition coefficient (Wildman–Crippen LogP) is 1.36. The van der Waals surface area contributed by atoms with E-state index in [1.807, 2.05) is 13.8 Å². The smallest absolute Gasteiger partial charge is 0.355 e. The molecule has 3 N–H and O–H groups in total. The number of β-lactam (4-membered cyclic amide) rings is 1. The number of thioether (sulfide) groups is 1. The van der Waals surface area contributed by atoms with Crippen molar-refractivity contribution in [2.45, 2.75) is 51.1 Å². The number of amides is 2. The second-order valence-electron chi connectivity index (χ2n) is 9.30. The Labute approximate surface area is 229 Å². The average Bonchev–Trinajstić information content (AvgIpc) is 3.27. The number of rotatable bonds is 13. The summed E-state index contributed by atoms with van der Waals surface area (Å²) in [6.45, 7) is 5.58. The Morgan fingerprint density at radius 3 is 2.58 bits per heavy atom. The minimum atomic E-state index is -0.894. The zero-order valence-corrected chi connectivity index (χ0v) is 23.6. The third-order valence-corrected chi connectivity index (χ3v) is 7.80. The van der Waals surface area contributed by atoms with Gasteiger partial charge in [-0.3, -0.25) is 19.3 Å². The van der Waals surface area contributed by atoms with Crippen LogP contribution in [-0.4, -0.2) is 90.0 Å². The molecular formula is C24H33N5O7S2. The molecule has 2 amide bonds. The van der Waals surface area contributed by atoms with Crippen molar-refractivity contribution in [3.63, 3.8) is 0 Å². The van der Waals surface area contributed by atoms with Gasteiger partial charge in [0.15, 0.2) is 5.71 Å². The number of hydrogen-bond acceptors (Lipinski definition) is 12. The molecule has 0 saturated carbocycles. The molecule has 2 aliphatic rings. The molecule has 3 rings (SSSR count). The Morgan fingerprint density at radius 2 is 1.97 bits per heavy atom. The molecule has 0 aromatic carbocycles. The van der Waals surface area contributed by atoms with Crippen LogP contribution in [0.4, 0.5) is 5.82 Å². The van der Waals surface area contributed by atoms with E-state index in [1.54, 1.807) is 12.3 Å². The Morgan fingerprint density at radius 1 is 1.24 bits per heavy atom. The van der Waals surface area contributed by atoms with Crippen LogP contribution in [0.5, 0.6) is 0 Å². The zero-order chi connectivity index (χ0) is 28.0. The molecule has 2 aliphatic heterocycles. The maximum absolute atomic E-state index is 13.2.